The molecule has 0 saturated carbocycles. The van der Waals surface area contributed by atoms with Crippen LogP contribution in [0, 0.1) is 6.92 Å². The fourth-order valence-corrected chi connectivity index (χ4v) is 1.81. The molecule has 0 heterocycles. The Bertz CT molecular complexity index is 474. The number of amides is 2. The third-order valence-corrected chi connectivity index (χ3v) is 2.85. The van der Waals surface area contributed by atoms with Gasteiger partial charge in [-0.1, -0.05) is 12.2 Å². The van der Waals surface area contributed by atoms with Crippen molar-refractivity contribution in [2.75, 3.05) is 32.5 Å². The van der Waals surface area contributed by atoms with Crippen LogP contribution in [0.5, 0.6) is 0 Å². The number of hydrogen-bond donors (Lipinski definition) is 3. The highest BCUT2D eigenvalue weighted by molar-refractivity contribution is 7.80. The van der Waals surface area contributed by atoms with Crippen molar-refractivity contribution in [3.63, 3.8) is 0 Å². The highest BCUT2D eigenvalue weighted by atomic mass is 32.1. The minimum atomic E-state index is -0.0955. The molecule has 1 aromatic carbocycles. The Kier molecular flexibility index (Phi) is 5.57. The maximum Gasteiger partial charge on any atom is 0.316 e. The summed E-state index contributed by atoms with van der Waals surface area (Å²) in [5.74, 6) is 0. The lowest BCUT2D eigenvalue weighted by molar-refractivity contribution is 0.218. The Balaban J connectivity index is 2.44. The van der Waals surface area contributed by atoms with E-state index >= 15 is 0 Å². The largest absolute Gasteiger partial charge is 0.389 e. The standard InChI is InChI=1S/C13H20N4OS/c1-9-8-10(4-5-11(9)12(14)19)15-6-7-16-13(18)17(2)3/h4-5,8,15H,6-7H2,1-3H3,(H2,14,19)(H,16,18). The van der Waals surface area contributed by atoms with E-state index in [0.29, 0.717) is 18.1 Å². The Hall–Kier alpha value is -1.82. The number of urea groups is 1. The van der Waals surface area contributed by atoms with Crippen LogP contribution in [0.1, 0.15) is 11.1 Å². The fraction of sp³-hybridized carbons (Fsp3) is 0.385. The molecular weight excluding hydrogens is 260 g/mol. The third-order valence-electron chi connectivity index (χ3n) is 2.63. The Morgan fingerprint density at radius 1 is 1.37 bits per heavy atom. The number of rotatable bonds is 5. The van der Waals surface area contributed by atoms with Gasteiger partial charge < -0.3 is 21.3 Å². The molecule has 1 rings (SSSR count). The zero-order chi connectivity index (χ0) is 14.4. The normalized spacial score (nSPS) is 9.84. The molecule has 0 atom stereocenters. The summed E-state index contributed by atoms with van der Waals surface area (Å²) in [6, 6.07) is 5.72. The van der Waals surface area contributed by atoms with E-state index in [1.165, 1.54) is 4.90 Å². The predicted molar refractivity (Wildman–Crippen MR) is 82.6 cm³/mol. The van der Waals surface area contributed by atoms with Crippen molar-refractivity contribution in [2.24, 2.45) is 5.73 Å². The van der Waals surface area contributed by atoms with Crippen LogP contribution in [-0.2, 0) is 0 Å². The molecule has 0 radical (unpaired) electrons. The SMILES string of the molecule is Cc1cc(NCCNC(=O)N(C)C)ccc1C(N)=S. The lowest BCUT2D eigenvalue weighted by Crippen LogP contribution is -2.37. The van der Waals surface area contributed by atoms with E-state index < -0.39 is 0 Å². The molecule has 0 aliphatic carbocycles. The summed E-state index contributed by atoms with van der Waals surface area (Å²) in [7, 11) is 3.42. The Morgan fingerprint density at radius 3 is 2.58 bits per heavy atom. The van der Waals surface area contributed by atoms with E-state index in [4.69, 9.17) is 18.0 Å². The number of aryl methyl sites for hydroxylation is 1. The molecule has 2 amide bonds. The predicted octanol–water partition coefficient (Wildman–Crippen LogP) is 1.31. The fourth-order valence-electron chi connectivity index (χ4n) is 1.58. The van der Waals surface area contributed by atoms with Crippen molar-refractivity contribution in [3.05, 3.63) is 29.3 Å². The van der Waals surface area contributed by atoms with Gasteiger partial charge in [-0.3, -0.25) is 0 Å². The van der Waals surface area contributed by atoms with Crippen molar-refractivity contribution in [3.8, 4) is 0 Å². The van der Waals surface area contributed by atoms with Crippen molar-refractivity contribution in [1.29, 1.82) is 0 Å². The van der Waals surface area contributed by atoms with Gasteiger partial charge in [-0.05, 0) is 30.7 Å². The molecule has 0 fully saturated rings. The molecule has 19 heavy (non-hydrogen) atoms. The van der Waals surface area contributed by atoms with Gasteiger partial charge >= 0.3 is 6.03 Å². The maximum atomic E-state index is 11.3. The number of benzene rings is 1. The van der Waals surface area contributed by atoms with Gasteiger partial charge in [0.15, 0.2) is 0 Å². The van der Waals surface area contributed by atoms with Gasteiger partial charge in [0.05, 0.1) is 0 Å². The maximum absolute atomic E-state index is 11.3. The topological polar surface area (TPSA) is 70.4 Å². The van der Waals surface area contributed by atoms with Crippen LogP contribution in [0.4, 0.5) is 10.5 Å². The molecular formula is C13H20N4OS. The van der Waals surface area contributed by atoms with E-state index in [1.807, 2.05) is 25.1 Å². The zero-order valence-electron chi connectivity index (χ0n) is 11.5. The monoisotopic (exact) mass is 280 g/mol. The highest BCUT2D eigenvalue weighted by Gasteiger charge is 2.03. The summed E-state index contributed by atoms with van der Waals surface area (Å²) in [4.78, 5) is 13.2. The van der Waals surface area contributed by atoms with Crippen LogP contribution in [0.3, 0.4) is 0 Å². The molecule has 0 aromatic heterocycles. The molecule has 0 saturated heterocycles. The molecule has 104 valence electrons. The zero-order valence-corrected chi connectivity index (χ0v) is 12.3. The first-order chi connectivity index (χ1) is 8.91. The van der Waals surface area contributed by atoms with Crippen LogP contribution < -0.4 is 16.4 Å². The molecule has 0 unspecified atom stereocenters. The second-order valence-electron chi connectivity index (χ2n) is 4.45. The first-order valence-electron chi connectivity index (χ1n) is 6.01. The first-order valence-corrected chi connectivity index (χ1v) is 6.42. The molecule has 5 nitrogen and oxygen atoms in total. The van der Waals surface area contributed by atoms with Gasteiger partial charge in [0.2, 0.25) is 0 Å². The first kappa shape index (κ1) is 15.2. The quantitative estimate of drug-likeness (QED) is 0.562. The highest BCUT2D eigenvalue weighted by Crippen LogP contribution is 2.14. The molecule has 4 N–H and O–H groups in total. The number of thiocarbonyl (C=S) groups is 1. The van der Waals surface area contributed by atoms with E-state index in [1.54, 1.807) is 14.1 Å². The second-order valence-corrected chi connectivity index (χ2v) is 4.89. The Labute approximate surface area is 119 Å². The molecule has 0 spiro atoms. The average Bonchev–Trinajstić information content (AvgIpc) is 2.33. The lowest BCUT2D eigenvalue weighted by atomic mass is 10.1. The number of anilines is 1. The lowest BCUT2D eigenvalue weighted by Gasteiger charge is -2.13. The average molecular weight is 280 g/mol. The number of carbonyl (C=O) groups is 1. The van der Waals surface area contributed by atoms with Crippen molar-refractivity contribution < 1.29 is 4.79 Å². The minimum absolute atomic E-state index is 0.0955. The number of nitrogens with two attached hydrogens (primary N) is 1. The summed E-state index contributed by atoms with van der Waals surface area (Å²) >= 11 is 4.96. The third kappa shape index (κ3) is 4.75. The van der Waals surface area contributed by atoms with Crippen LogP contribution in [0.15, 0.2) is 18.2 Å². The van der Waals surface area contributed by atoms with E-state index in [9.17, 15) is 4.79 Å². The van der Waals surface area contributed by atoms with Gasteiger partial charge in [0.25, 0.3) is 0 Å². The van der Waals surface area contributed by atoms with Crippen LogP contribution in [0.25, 0.3) is 0 Å². The summed E-state index contributed by atoms with van der Waals surface area (Å²) in [5, 5.41) is 6.01. The number of hydrogen-bond acceptors (Lipinski definition) is 3. The number of nitrogens with one attached hydrogen (secondary N) is 2. The van der Waals surface area contributed by atoms with Gasteiger partial charge in [-0.25, -0.2) is 4.79 Å². The van der Waals surface area contributed by atoms with Gasteiger partial charge in [0, 0.05) is 38.4 Å². The van der Waals surface area contributed by atoms with Crippen LogP contribution >= 0.6 is 12.2 Å². The van der Waals surface area contributed by atoms with E-state index in [2.05, 4.69) is 10.6 Å². The summed E-state index contributed by atoms with van der Waals surface area (Å²) in [6.45, 7) is 3.19. The van der Waals surface area contributed by atoms with Gasteiger partial charge in [0.1, 0.15) is 4.99 Å². The second kappa shape index (κ2) is 6.94. The van der Waals surface area contributed by atoms with E-state index in [-0.39, 0.29) is 6.03 Å². The molecule has 6 heteroatoms. The minimum Gasteiger partial charge on any atom is -0.389 e. The van der Waals surface area contributed by atoms with Crippen LogP contribution in [0.2, 0.25) is 0 Å². The number of carbonyl (C=O) groups excluding carboxylic acids is 1. The van der Waals surface area contributed by atoms with Gasteiger partial charge in [-0.2, -0.15) is 0 Å². The Morgan fingerprint density at radius 2 is 2.05 bits per heavy atom. The molecule has 1 aromatic rings. The molecule has 0 aliphatic rings. The van der Waals surface area contributed by atoms with E-state index in [0.717, 1.165) is 16.8 Å². The smallest absolute Gasteiger partial charge is 0.316 e. The molecule has 0 aliphatic heterocycles. The summed E-state index contributed by atoms with van der Waals surface area (Å²) < 4.78 is 0. The van der Waals surface area contributed by atoms with Crippen LogP contribution in [-0.4, -0.2) is 43.1 Å². The van der Waals surface area contributed by atoms with Crippen molar-refractivity contribution in [1.82, 2.24) is 10.2 Å². The van der Waals surface area contributed by atoms with Crippen molar-refractivity contribution >= 4 is 28.9 Å². The van der Waals surface area contributed by atoms with Crippen molar-refractivity contribution in [2.45, 2.75) is 6.92 Å². The summed E-state index contributed by atoms with van der Waals surface area (Å²) in [6.07, 6.45) is 0. The number of nitrogens with zero attached hydrogens (tertiary/aromatic N) is 1. The van der Waals surface area contributed by atoms with Gasteiger partial charge in [-0.15, -0.1) is 0 Å². The summed E-state index contributed by atoms with van der Waals surface area (Å²) in [5.41, 5.74) is 8.52. The molecule has 0 bridgehead atoms.